The normalized spacial score (nSPS) is 20.7. The summed E-state index contributed by atoms with van der Waals surface area (Å²) in [6, 6.07) is 13.9. The lowest BCUT2D eigenvalue weighted by Crippen LogP contribution is -2.38. The molecule has 0 radical (unpaired) electrons. The summed E-state index contributed by atoms with van der Waals surface area (Å²) in [5, 5.41) is 14.7. The third-order valence-corrected chi connectivity index (χ3v) is 6.20. The lowest BCUT2D eigenvalue weighted by atomic mass is 9.88. The first-order valence-electron chi connectivity index (χ1n) is 9.59. The van der Waals surface area contributed by atoms with Crippen molar-refractivity contribution in [1.29, 1.82) is 0 Å². The van der Waals surface area contributed by atoms with Gasteiger partial charge in [0.15, 0.2) is 0 Å². The van der Waals surface area contributed by atoms with E-state index in [-0.39, 0.29) is 11.7 Å². The summed E-state index contributed by atoms with van der Waals surface area (Å²) >= 11 is 1.54. The number of nitrogens with zero attached hydrogens (tertiary/aromatic N) is 2. The van der Waals surface area contributed by atoms with Crippen LogP contribution in [-0.2, 0) is 11.2 Å². The summed E-state index contributed by atoms with van der Waals surface area (Å²) < 4.78 is 25.0. The Balaban J connectivity index is 1.51. The highest BCUT2D eigenvalue weighted by Crippen LogP contribution is 2.42. The minimum absolute atomic E-state index is 0.281. The van der Waals surface area contributed by atoms with Gasteiger partial charge in [-0.3, -0.25) is 0 Å². The average Bonchev–Trinajstić information content (AvgIpc) is 3.28. The topological polar surface area (TPSA) is 64.5 Å². The van der Waals surface area contributed by atoms with E-state index in [0.29, 0.717) is 23.3 Å². The number of aliphatic hydroxyl groups excluding tert-OH is 1. The number of rotatable bonds is 4. The Hall–Kier alpha value is -2.87. The van der Waals surface area contributed by atoms with Gasteiger partial charge in [-0.15, -0.1) is 11.3 Å². The van der Waals surface area contributed by atoms with E-state index in [1.54, 1.807) is 30.7 Å². The van der Waals surface area contributed by atoms with Gasteiger partial charge in [-0.2, -0.15) is 0 Å². The summed E-state index contributed by atoms with van der Waals surface area (Å²) in [5.74, 6) is 0.0258. The molecule has 2 aromatic carbocycles. The molecular formula is C23H19FN2O3S. The van der Waals surface area contributed by atoms with Crippen LogP contribution in [0.15, 0.2) is 60.1 Å². The fraction of sp³-hybridized carbons (Fsp3) is 0.217. The van der Waals surface area contributed by atoms with Gasteiger partial charge in [0.1, 0.15) is 11.6 Å². The summed E-state index contributed by atoms with van der Waals surface area (Å²) in [7, 11) is 1.58. The zero-order chi connectivity index (χ0) is 20.7. The van der Waals surface area contributed by atoms with Crippen LogP contribution in [0.25, 0.3) is 22.2 Å². The number of halogens is 1. The zero-order valence-electron chi connectivity index (χ0n) is 16.2. The molecule has 0 fully saturated rings. The summed E-state index contributed by atoms with van der Waals surface area (Å²) in [6.07, 6.45) is 0.982. The summed E-state index contributed by atoms with van der Waals surface area (Å²) in [4.78, 5) is 8.98. The molecule has 0 amide bonds. The van der Waals surface area contributed by atoms with Crippen LogP contribution < -0.4 is 4.74 Å². The molecule has 1 aliphatic rings. The molecule has 0 saturated carbocycles. The highest BCUT2D eigenvalue weighted by atomic mass is 32.1. The Morgan fingerprint density at radius 3 is 2.87 bits per heavy atom. The molecule has 5 rings (SSSR count). The first-order valence-corrected chi connectivity index (χ1v) is 10.5. The van der Waals surface area contributed by atoms with E-state index in [9.17, 15) is 9.50 Å². The van der Waals surface area contributed by atoms with Crippen LogP contribution in [0.1, 0.15) is 16.7 Å². The molecule has 0 saturated heterocycles. The second kappa shape index (κ2) is 7.75. The zero-order valence-corrected chi connectivity index (χ0v) is 17.0. The highest BCUT2D eigenvalue weighted by Gasteiger charge is 2.38. The number of aromatic nitrogens is 2. The predicted molar refractivity (Wildman–Crippen MR) is 113 cm³/mol. The van der Waals surface area contributed by atoms with E-state index in [1.165, 1.54) is 12.1 Å². The molecular weight excluding hydrogens is 403 g/mol. The van der Waals surface area contributed by atoms with Gasteiger partial charge < -0.3 is 14.6 Å². The van der Waals surface area contributed by atoms with Crippen molar-refractivity contribution in [2.24, 2.45) is 5.92 Å². The molecule has 0 bridgehead atoms. The molecule has 30 heavy (non-hydrogen) atoms. The van der Waals surface area contributed by atoms with Gasteiger partial charge in [-0.05, 0) is 42.5 Å². The lowest BCUT2D eigenvalue weighted by Gasteiger charge is -2.36. The lowest BCUT2D eigenvalue weighted by molar-refractivity contribution is -0.139. The van der Waals surface area contributed by atoms with Crippen LogP contribution in [0.5, 0.6) is 5.75 Å². The van der Waals surface area contributed by atoms with Gasteiger partial charge in [-0.25, -0.2) is 14.4 Å². The molecule has 5 nitrogen and oxygen atoms in total. The van der Waals surface area contributed by atoms with Crippen molar-refractivity contribution in [3.05, 3.63) is 76.5 Å². The maximum absolute atomic E-state index is 13.4. The van der Waals surface area contributed by atoms with Gasteiger partial charge in [0.05, 0.1) is 28.2 Å². The number of thiazole rings is 1. The molecule has 0 spiro atoms. The molecule has 152 valence electrons. The molecule has 3 unspecified atom stereocenters. The van der Waals surface area contributed by atoms with Gasteiger partial charge in [0.2, 0.25) is 6.29 Å². The number of pyridine rings is 1. The van der Waals surface area contributed by atoms with Gasteiger partial charge in [-0.1, -0.05) is 6.07 Å². The van der Waals surface area contributed by atoms with Gasteiger partial charge >= 0.3 is 0 Å². The number of fused-ring (bicyclic) bond motifs is 2. The van der Waals surface area contributed by atoms with Gasteiger partial charge in [0.25, 0.3) is 0 Å². The van der Waals surface area contributed by atoms with Crippen molar-refractivity contribution in [3.63, 3.8) is 0 Å². The Labute approximate surface area is 176 Å². The fourth-order valence-corrected chi connectivity index (χ4v) is 4.57. The number of hydrogen-bond donors (Lipinski definition) is 1. The Morgan fingerprint density at radius 1 is 1.17 bits per heavy atom. The number of benzene rings is 2. The Bertz CT molecular complexity index is 1200. The van der Waals surface area contributed by atoms with E-state index in [1.807, 2.05) is 35.7 Å². The smallest absolute Gasteiger partial charge is 0.205 e. The third kappa shape index (κ3) is 3.45. The molecule has 0 aliphatic carbocycles. The van der Waals surface area contributed by atoms with Crippen LogP contribution in [0.3, 0.4) is 0 Å². The standard InChI is InChI=1S/C23H19FN2O3S/c1-28-23-17(12-21-25-8-9-30-21)22(27)16-11-14(3-7-20(16)29-23)18-5-2-13-10-15(24)4-6-19(13)26-18/h2-11,17,22-23,27H,12H2,1H3. The molecule has 4 aromatic rings. The molecule has 3 heterocycles. The van der Waals surface area contributed by atoms with Crippen molar-refractivity contribution in [3.8, 4) is 17.0 Å². The molecule has 1 aliphatic heterocycles. The van der Waals surface area contributed by atoms with Crippen LogP contribution in [-0.4, -0.2) is 28.5 Å². The summed E-state index contributed by atoms with van der Waals surface area (Å²) in [5.41, 5.74) is 3.01. The molecule has 3 atom stereocenters. The Morgan fingerprint density at radius 2 is 2.07 bits per heavy atom. The highest BCUT2D eigenvalue weighted by molar-refractivity contribution is 7.09. The minimum atomic E-state index is -0.767. The number of aliphatic hydroxyl groups is 1. The predicted octanol–water partition coefficient (Wildman–Crippen LogP) is 4.75. The Kier molecular flexibility index (Phi) is 4.94. The summed E-state index contributed by atoms with van der Waals surface area (Å²) in [6.45, 7) is 0. The molecule has 2 aromatic heterocycles. The second-order valence-electron chi connectivity index (χ2n) is 7.25. The third-order valence-electron chi connectivity index (χ3n) is 5.40. The number of hydrogen-bond acceptors (Lipinski definition) is 6. The van der Waals surface area contributed by atoms with Gasteiger partial charge in [0, 0.05) is 41.6 Å². The van der Waals surface area contributed by atoms with E-state index in [0.717, 1.165) is 21.7 Å². The molecule has 1 N–H and O–H groups in total. The van der Waals surface area contributed by atoms with Crippen molar-refractivity contribution in [1.82, 2.24) is 9.97 Å². The quantitative estimate of drug-likeness (QED) is 0.514. The van der Waals surface area contributed by atoms with E-state index < -0.39 is 12.4 Å². The van der Waals surface area contributed by atoms with E-state index in [2.05, 4.69) is 9.97 Å². The molecule has 7 heteroatoms. The maximum atomic E-state index is 13.4. The first kappa shape index (κ1) is 19.1. The maximum Gasteiger partial charge on any atom is 0.205 e. The monoisotopic (exact) mass is 422 g/mol. The minimum Gasteiger partial charge on any atom is -0.464 e. The van der Waals surface area contributed by atoms with Crippen LogP contribution in [0, 0.1) is 11.7 Å². The van der Waals surface area contributed by atoms with Crippen LogP contribution in [0.2, 0.25) is 0 Å². The SMILES string of the molecule is COC1Oc2ccc(-c3ccc4cc(F)ccc4n3)cc2C(O)C1Cc1nccs1. The van der Waals surface area contributed by atoms with E-state index in [4.69, 9.17) is 9.47 Å². The number of methoxy groups -OCH3 is 1. The van der Waals surface area contributed by atoms with Crippen molar-refractivity contribution in [2.45, 2.75) is 18.8 Å². The largest absolute Gasteiger partial charge is 0.464 e. The second-order valence-corrected chi connectivity index (χ2v) is 8.23. The average molecular weight is 422 g/mol. The van der Waals surface area contributed by atoms with Crippen molar-refractivity contribution < 1.29 is 19.0 Å². The fourth-order valence-electron chi connectivity index (χ4n) is 3.88. The van der Waals surface area contributed by atoms with E-state index >= 15 is 0 Å². The van der Waals surface area contributed by atoms with Crippen LogP contribution >= 0.6 is 11.3 Å². The van der Waals surface area contributed by atoms with Crippen molar-refractivity contribution >= 4 is 22.2 Å². The number of ether oxygens (including phenoxy) is 2. The van der Waals surface area contributed by atoms with Crippen LogP contribution in [0.4, 0.5) is 4.39 Å². The first-order chi connectivity index (χ1) is 14.6. The van der Waals surface area contributed by atoms with Crippen molar-refractivity contribution in [2.75, 3.05) is 7.11 Å².